The number of thiophene rings is 1. The molecule has 2 heterocycles. The number of benzene rings is 1. The van der Waals surface area contributed by atoms with E-state index in [9.17, 15) is 9.59 Å². The van der Waals surface area contributed by atoms with E-state index in [0.717, 1.165) is 19.3 Å². The number of rotatable bonds is 3. The van der Waals surface area contributed by atoms with Gasteiger partial charge < -0.3 is 15.4 Å². The first-order chi connectivity index (χ1) is 13.1. The third-order valence-corrected chi connectivity index (χ3v) is 7.20. The second-order valence-corrected chi connectivity index (χ2v) is 8.85. The minimum Gasteiger partial charge on any atom is -0.467 e. The number of hydrogen-bond acceptors (Lipinski definition) is 4. The van der Waals surface area contributed by atoms with E-state index in [0.29, 0.717) is 24.3 Å². The highest BCUT2D eigenvalue weighted by atomic mass is 32.1. The molecule has 2 aromatic rings. The first-order valence-corrected chi connectivity index (χ1v) is 10.4. The third kappa shape index (κ3) is 2.83. The van der Waals surface area contributed by atoms with Crippen molar-refractivity contribution in [3.05, 3.63) is 52.2 Å². The molecule has 1 aromatic heterocycles. The summed E-state index contributed by atoms with van der Waals surface area (Å²) in [6.45, 7) is 0.593. The van der Waals surface area contributed by atoms with Gasteiger partial charge >= 0.3 is 0 Å². The molecule has 4 atom stereocenters. The van der Waals surface area contributed by atoms with E-state index >= 15 is 0 Å². The van der Waals surface area contributed by atoms with E-state index in [1.807, 2.05) is 35.7 Å². The molecule has 2 amide bonds. The lowest BCUT2D eigenvalue weighted by Crippen LogP contribution is -2.66. The first-order valence-electron chi connectivity index (χ1n) is 9.55. The lowest BCUT2D eigenvalue weighted by atomic mass is 9.60. The van der Waals surface area contributed by atoms with Crippen molar-refractivity contribution >= 4 is 23.2 Å². The fourth-order valence-electron chi connectivity index (χ4n) is 5.00. The summed E-state index contributed by atoms with van der Waals surface area (Å²) >= 11 is 1.66. The maximum absolute atomic E-state index is 12.8. The van der Waals surface area contributed by atoms with E-state index in [4.69, 9.17) is 4.74 Å². The third-order valence-electron chi connectivity index (χ3n) is 6.32. The molecule has 3 saturated carbocycles. The molecule has 4 aliphatic rings. The van der Waals surface area contributed by atoms with Crippen LogP contribution in [0.4, 0.5) is 0 Å². The summed E-state index contributed by atoms with van der Waals surface area (Å²) in [5.74, 6) is 1.14. The molecular formula is C21H22N2O3S. The Hall–Kier alpha value is -2.34. The van der Waals surface area contributed by atoms with E-state index in [2.05, 4.69) is 10.6 Å². The van der Waals surface area contributed by atoms with Gasteiger partial charge in [-0.2, -0.15) is 0 Å². The van der Waals surface area contributed by atoms with Crippen molar-refractivity contribution in [2.24, 2.45) is 17.8 Å². The Morgan fingerprint density at radius 1 is 1.26 bits per heavy atom. The molecule has 1 aromatic carbocycles. The second-order valence-electron chi connectivity index (χ2n) is 7.82. The Balaban J connectivity index is 1.32. The van der Waals surface area contributed by atoms with Crippen LogP contribution in [0.5, 0.6) is 5.75 Å². The van der Waals surface area contributed by atoms with Gasteiger partial charge in [0.25, 0.3) is 5.91 Å². The number of carbonyl (C=O) groups is 2. The number of para-hydroxylation sites is 1. The summed E-state index contributed by atoms with van der Waals surface area (Å²) in [7, 11) is 0. The molecular weight excluding hydrogens is 360 g/mol. The number of amides is 2. The van der Waals surface area contributed by atoms with Crippen molar-refractivity contribution in [2.45, 2.75) is 38.0 Å². The van der Waals surface area contributed by atoms with Gasteiger partial charge in [-0.25, -0.2) is 0 Å². The monoisotopic (exact) mass is 382 g/mol. The number of fused-ring (bicyclic) bond motifs is 3. The van der Waals surface area contributed by atoms with E-state index in [1.165, 1.54) is 4.88 Å². The smallest absolute Gasteiger partial charge is 0.258 e. The van der Waals surface area contributed by atoms with Crippen LogP contribution in [0.3, 0.4) is 0 Å². The average molecular weight is 382 g/mol. The Labute approximate surface area is 162 Å². The molecule has 6 heteroatoms. The maximum Gasteiger partial charge on any atom is 0.258 e. The number of hydrogen-bond donors (Lipinski definition) is 2. The molecule has 3 fully saturated rings. The van der Waals surface area contributed by atoms with Crippen molar-refractivity contribution in [3.8, 4) is 5.75 Å². The minimum absolute atomic E-state index is 0.00649. The number of nitrogens with one attached hydrogen (secondary N) is 2. The highest BCUT2D eigenvalue weighted by Gasteiger charge is 2.57. The van der Waals surface area contributed by atoms with Crippen LogP contribution >= 0.6 is 11.3 Å². The van der Waals surface area contributed by atoms with Crippen LogP contribution in [0.1, 0.15) is 40.9 Å². The SMILES string of the molecule is O=C1N[C@]2(C[C@H]3CC[C@H]2C[C@@H]3C(=O)NCc2cccs2)Oc2ccccc21. The first kappa shape index (κ1) is 16.8. The summed E-state index contributed by atoms with van der Waals surface area (Å²) in [4.78, 5) is 26.6. The van der Waals surface area contributed by atoms with Gasteiger partial charge in [-0.3, -0.25) is 9.59 Å². The van der Waals surface area contributed by atoms with Crippen molar-refractivity contribution in [2.75, 3.05) is 0 Å². The van der Waals surface area contributed by atoms with Gasteiger partial charge in [0.05, 0.1) is 12.1 Å². The molecule has 2 N–H and O–H groups in total. The van der Waals surface area contributed by atoms with E-state index in [-0.39, 0.29) is 29.6 Å². The lowest BCUT2D eigenvalue weighted by Gasteiger charge is -2.55. The largest absolute Gasteiger partial charge is 0.467 e. The van der Waals surface area contributed by atoms with Crippen LogP contribution in [0.25, 0.3) is 0 Å². The second kappa shape index (κ2) is 6.37. The Kier molecular flexibility index (Phi) is 3.97. The molecule has 2 bridgehead atoms. The van der Waals surface area contributed by atoms with Crippen molar-refractivity contribution < 1.29 is 14.3 Å². The summed E-state index contributed by atoms with van der Waals surface area (Å²) in [5, 5.41) is 8.26. The zero-order chi connectivity index (χ0) is 18.4. The highest BCUT2D eigenvalue weighted by Crippen LogP contribution is 2.52. The quantitative estimate of drug-likeness (QED) is 0.856. The van der Waals surface area contributed by atoms with Gasteiger partial charge in [0.15, 0.2) is 5.72 Å². The fourth-order valence-corrected chi connectivity index (χ4v) is 5.64. The van der Waals surface area contributed by atoms with Gasteiger partial charge in [0.2, 0.25) is 5.91 Å². The summed E-state index contributed by atoms with van der Waals surface area (Å²) < 4.78 is 6.35. The predicted octanol–water partition coefficient (Wildman–Crippen LogP) is 3.32. The van der Waals surface area contributed by atoms with Crippen molar-refractivity contribution in [1.29, 1.82) is 0 Å². The van der Waals surface area contributed by atoms with Crippen molar-refractivity contribution in [1.82, 2.24) is 10.6 Å². The van der Waals surface area contributed by atoms with Crippen LogP contribution in [0.2, 0.25) is 0 Å². The zero-order valence-electron chi connectivity index (χ0n) is 14.9. The standard InChI is InChI=1S/C21H22N2O3S/c24-19(22-12-15-4-3-9-27-15)17-10-14-8-7-13(17)11-21(14)23-20(25)16-5-1-2-6-18(16)26-21/h1-6,9,13-14,17H,7-8,10-12H2,(H,22,24)(H,23,25)/t13-,14+,17+,21-/m1/s1. The van der Waals surface area contributed by atoms with Crippen molar-refractivity contribution in [3.63, 3.8) is 0 Å². The molecule has 0 unspecified atom stereocenters. The molecule has 1 spiro atoms. The normalized spacial score (nSPS) is 31.1. The van der Waals surface area contributed by atoms with Crippen LogP contribution in [0, 0.1) is 17.8 Å². The summed E-state index contributed by atoms with van der Waals surface area (Å²) in [6.07, 6.45) is 3.48. The lowest BCUT2D eigenvalue weighted by molar-refractivity contribution is -0.146. The average Bonchev–Trinajstić information content (AvgIpc) is 3.20. The molecule has 0 radical (unpaired) electrons. The topological polar surface area (TPSA) is 67.4 Å². The molecule has 140 valence electrons. The predicted molar refractivity (Wildman–Crippen MR) is 102 cm³/mol. The Morgan fingerprint density at radius 3 is 2.93 bits per heavy atom. The molecule has 1 aliphatic heterocycles. The van der Waals surface area contributed by atoms with Gasteiger partial charge in [-0.1, -0.05) is 18.2 Å². The van der Waals surface area contributed by atoms with E-state index in [1.54, 1.807) is 17.4 Å². The Bertz CT molecular complexity index is 881. The zero-order valence-corrected chi connectivity index (χ0v) is 15.8. The molecule has 27 heavy (non-hydrogen) atoms. The van der Waals surface area contributed by atoms with Crippen LogP contribution in [0.15, 0.2) is 41.8 Å². The van der Waals surface area contributed by atoms with Crippen LogP contribution in [-0.2, 0) is 11.3 Å². The van der Waals surface area contributed by atoms with Gasteiger partial charge in [0, 0.05) is 23.1 Å². The molecule has 6 rings (SSSR count). The summed E-state index contributed by atoms with van der Waals surface area (Å²) in [5.41, 5.74) is -0.0615. The van der Waals surface area contributed by atoms with Crippen LogP contribution in [-0.4, -0.2) is 17.5 Å². The Morgan fingerprint density at radius 2 is 2.15 bits per heavy atom. The molecule has 0 saturated heterocycles. The fraction of sp³-hybridized carbons (Fsp3) is 0.429. The minimum atomic E-state index is -0.654. The number of ether oxygens (including phenoxy) is 1. The molecule has 3 aliphatic carbocycles. The summed E-state index contributed by atoms with van der Waals surface area (Å²) in [6, 6.07) is 11.4. The number of carbonyl (C=O) groups excluding carboxylic acids is 2. The highest BCUT2D eigenvalue weighted by molar-refractivity contribution is 7.09. The van der Waals surface area contributed by atoms with Gasteiger partial charge in [0.1, 0.15) is 5.75 Å². The molecule has 5 nitrogen and oxygen atoms in total. The van der Waals surface area contributed by atoms with Gasteiger partial charge in [-0.15, -0.1) is 11.3 Å². The maximum atomic E-state index is 12.8. The van der Waals surface area contributed by atoms with Crippen LogP contribution < -0.4 is 15.4 Å². The van der Waals surface area contributed by atoms with E-state index < -0.39 is 5.72 Å². The van der Waals surface area contributed by atoms with Gasteiger partial charge in [-0.05, 0) is 48.8 Å².